The number of ether oxygens (including phenoxy) is 1. The first kappa shape index (κ1) is 12.5. The summed E-state index contributed by atoms with van der Waals surface area (Å²) in [6.45, 7) is 5.10. The first-order valence-electron chi connectivity index (χ1n) is 5.54. The quantitative estimate of drug-likeness (QED) is 0.797. The van der Waals surface area contributed by atoms with Crippen LogP contribution in [0.2, 0.25) is 0 Å². The Balaban J connectivity index is 2.49. The third-order valence-corrected chi connectivity index (χ3v) is 2.28. The number of hydrogen-bond acceptors (Lipinski definition) is 3. The van der Waals surface area contributed by atoms with Crippen molar-refractivity contribution < 1.29 is 4.74 Å². The number of para-hydroxylation sites is 1. The summed E-state index contributed by atoms with van der Waals surface area (Å²) < 4.78 is 5.57. The fraction of sp³-hybridized carbons (Fsp3) is 0.462. The van der Waals surface area contributed by atoms with E-state index in [1.165, 1.54) is 0 Å². The molecular weight excluding hydrogens is 200 g/mol. The summed E-state index contributed by atoms with van der Waals surface area (Å²) in [7, 11) is 0. The largest absolute Gasteiger partial charge is 0.491 e. The van der Waals surface area contributed by atoms with Gasteiger partial charge in [-0.15, -0.1) is 0 Å². The SMILES string of the molecule is CCCNC(C)(C#N)COc1ccccc1. The van der Waals surface area contributed by atoms with E-state index >= 15 is 0 Å². The summed E-state index contributed by atoms with van der Waals surface area (Å²) >= 11 is 0. The molecule has 1 atom stereocenters. The van der Waals surface area contributed by atoms with Crippen LogP contribution in [0.4, 0.5) is 0 Å². The Hall–Kier alpha value is -1.53. The molecule has 0 saturated heterocycles. The maximum atomic E-state index is 9.10. The highest BCUT2D eigenvalue weighted by atomic mass is 16.5. The Kier molecular flexibility index (Phi) is 4.81. The van der Waals surface area contributed by atoms with Gasteiger partial charge in [0.1, 0.15) is 17.9 Å². The minimum absolute atomic E-state index is 0.355. The zero-order valence-electron chi connectivity index (χ0n) is 9.86. The Morgan fingerprint density at radius 1 is 1.38 bits per heavy atom. The lowest BCUT2D eigenvalue weighted by atomic mass is 10.1. The Labute approximate surface area is 97.0 Å². The van der Waals surface area contributed by atoms with Gasteiger partial charge in [0, 0.05) is 0 Å². The van der Waals surface area contributed by atoms with Crippen molar-refractivity contribution in [1.29, 1.82) is 5.26 Å². The van der Waals surface area contributed by atoms with E-state index < -0.39 is 5.54 Å². The van der Waals surface area contributed by atoms with Gasteiger partial charge < -0.3 is 4.74 Å². The normalized spacial score (nSPS) is 13.8. The average molecular weight is 218 g/mol. The molecule has 1 N–H and O–H groups in total. The predicted molar refractivity (Wildman–Crippen MR) is 64.2 cm³/mol. The lowest BCUT2D eigenvalue weighted by Crippen LogP contribution is -2.46. The molecule has 0 aliphatic rings. The summed E-state index contributed by atoms with van der Waals surface area (Å²) in [5.74, 6) is 0.794. The summed E-state index contributed by atoms with van der Waals surface area (Å²) in [5.41, 5.74) is -0.619. The molecule has 16 heavy (non-hydrogen) atoms. The molecule has 0 spiro atoms. The summed E-state index contributed by atoms with van der Waals surface area (Å²) in [6.07, 6.45) is 1.00. The van der Waals surface area contributed by atoms with E-state index in [9.17, 15) is 0 Å². The molecule has 1 rings (SSSR count). The molecule has 0 aliphatic heterocycles. The van der Waals surface area contributed by atoms with E-state index in [2.05, 4.69) is 18.3 Å². The lowest BCUT2D eigenvalue weighted by Gasteiger charge is -2.23. The number of nitrogens with zero attached hydrogens (tertiary/aromatic N) is 1. The fourth-order valence-corrected chi connectivity index (χ4v) is 1.27. The smallest absolute Gasteiger partial charge is 0.138 e. The van der Waals surface area contributed by atoms with E-state index in [0.717, 1.165) is 18.7 Å². The zero-order valence-corrected chi connectivity index (χ0v) is 9.86. The van der Waals surface area contributed by atoms with E-state index in [-0.39, 0.29) is 0 Å². The van der Waals surface area contributed by atoms with Crippen LogP contribution in [0.25, 0.3) is 0 Å². The van der Waals surface area contributed by atoms with E-state index in [1.807, 2.05) is 37.3 Å². The van der Waals surface area contributed by atoms with Gasteiger partial charge in [-0.3, -0.25) is 5.32 Å². The fourth-order valence-electron chi connectivity index (χ4n) is 1.27. The highest BCUT2D eigenvalue weighted by molar-refractivity contribution is 5.21. The lowest BCUT2D eigenvalue weighted by molar-refractivity contribution is 0.234. The van der Waals surface area contributed by atoms with Crippen molar-refractivity contribution in [2.75, 3.05) is 13.2 Å². The van der Waals surface area contributed by atoms with Gasteiger partial charge in [-0.2, -0.15) is 5.26 Å². The van der Waals surface area contributed by atoms with Crippen LogP contribution in [0.5, 0.6) is 5.75 Å². The van der Waals surface area contributed by atoms with Gasteiger partial charge in [0.25, 0.3) is 0 Å². The standard InChI is InChI=1S/C13H18N2O/c1-3-9-15-13(2,10-14)11-16-12-7-5-4-6-8-12/h4-8,15H,3,9,11H2,1-2H3. The second-order valence-electron chi connectivity index (χ2n) is 3.97. The molecule has 0 saturated carbocycles. The number of hydrogen-bond donors (Lipinski definition) is 1. The van der Waals surface area contributed by atoms with Gasteiger partial charge in [0.15, 0.2) is 0 Å². The van der Waals surface area contributed by atoms with E-state index in [1.54, 1.807) is 0 Å². The van der Waals surface area contributed by atoms with Crippen LogP contribution >= 0.6 is 0 Å². The van der Waals surface area contributed by atoms with Crippen molar-refractivity contribution in [3.8, 4) is 11.8 Å². The summed E-state index contributed by atoms with van der Waals surface area (Å²) in [6, 6.07) is 11.8. The van der Waals surface area contributed by atoms with Crippen molar-refractivity contribution in [1.82, 2.24) is 5.32 Å². The molecule has 86 valence electrons. The van der Waals surface area contributed by atoms with Crippen molar-refractivity contribution in [2.45, 2.75) is 25.8 Å². The van der Waals surface area contributed by atoms with Gasteiger partial charge in [0.2, 0.25) is 0 Å². The molecule has 1 aromatic carbocycles. The summed E-state index contributed by atoms with van der Waals surface area (Å²) in [5, 5.41) is 12.3. The van der Waals surface area contributed by atoms with Crippen LogP contribution < -0.4 is 10.1 Å². The van der Waals surface area contributed by atoms with E-state index in [4.69, 9.17) is 10.00 Å². The third-order valence-electron chi connectivity index (χ3n) is 2.28. The van der Waals surface area contributed by atoms with E-state index in [0.29, 0.717) is 6.61 Å². The van der Waals surface area contributed by atoms with Gasteiger partial charge in [-0.25, -0.2) is 0 Å². The second kappa shape index (κ2) is 6.14. The molecular formula is C13H18N2O. The van der Waals surface area contributed by atoms with Crippen molar-refractivity contribution >= 4 is 0 Å². The first-order chi connectivity index (χ1) is 7.70. The van der Waals surface area contributed by atoms with Crippen LogP contribution in [0, 0.1) is 11.3 Å². The molecule has 3 nitrogen and oxygen atoms in total. The van der Waals surface area contributed by atoms with Gasteiger partial charge in [-0.1, -0.05) is 25.1 Å². The van der Waals surface area contributed by atoms with Crippen LogP contribution in [-0.2, 0) is 0 Å². The molecule has 1 aromatic rings. The third kappa shape index (κ3) is 3.92. The summed E-state index contributed by atoms with van der Waals surface area (Å²) in [4.78, 5) is 0. The van der Waals surface area contributed by atoms with Crippen molar-refractivity contribution in [3.63, 3.8) is 0 Å². The maximum Gasteiger partial charge on any atom is 0.138 e. The molecule has 0 radical (unpaired) electrons. The molecule has 0 aromatic heterocycles. The van der Waals surface area contributed by atoms with Crippen LogP contribution in [0.15, 0.2) is 30.3 Å². The monoisotopic (exact) mass is 218 g/mol. The Morgan fingerprint density at radius 3 is 2.62 bits per heavy atom. The molecule has 0 amide bonds. The van der Waals surface area contributed by atoms with Crippen molar-refractivity contribution in [3.05, 3.63) is 30.3 Å². The Bertz CT molecular complexity index is 345. The predicted octanol–water partition coefficient (Wildman–Crippen LogP) is 2.35. The molecule has 3 heteroatoms. The molecule has 0 fully saturated rings. The van der Waals surface area contributed by atoms with Crippen LogP contribution in [-0.4, -0.2) is 18.7 Å². The molecule has 0 bridgehead atoms. The molecule has 1 unspecified atom stereocenters. The Morgan fingerprint density at radius 2 is 2.06 bits per heavy atom. The maximum absolute atomic E-state index is 9.10. The van der Waals surface area contributed by atoms with Crippen LogP contribution in [0.1, 0.15) is 20.3 Å². The molecule has 0 heterocycles. The topological polar surface area (TPSA) is 45.0 Å². The first-order valence-corrected chi connectivity index (χ1v) is 5.54. The molecule has 0 aliphatic carbocycles. The van der Waals surface area contributed by atoms with Crippen LogP contribution in [0.3, 0.4) is 0 Å². The average Bonchev–Trinajstić information content (AvgIpc) is 2.35. The highest BCUT2D eigenvalue weighted by Crippen LogP contribution is 2.11. The number of rotatable bonds is 6. The zero-order chi connectivity index (χ0) is 11.9. The minimum atomic E-state index is -0.619. The number of nitriles is 1. The van der Waals surface area contributed by atoms with Gasteiger partial charge >= 0.3 is 0 Å². The van der Waals surface area contributed by atoms with Crippen molar-refractivity contribution in [2.24, 2.45) is 0 Å². The number of benzene rings is 1. The number of nitrogens with one attached hydrogen (secondary N) is 1. The van der Waals surface area contributed by atoms with Gasteiger partial charge in [-0.05, 0) is 32.0 Å². The highest BCUT2D eigenvalue weighted by Gasteiger charge is 2.23. The van der Waals surface area contributed by atoms with Gasteiger partial charge in [0.05, 0.1) is 6.07 Å². The minimum Gasteiger partial charge on any atom is -0.491 e. The second-order valence-corrected chi connectivity index (χ2v) is 3.97.